The van der Waals surface area contributed by atoms with Crippen LogP contribution in [-0.2, 0) is 6.42 Å². The van der Waals surface area contributed by atoms with E-state index in [9.17, 15) is 0 Å². The number of rotatable bonds is 2. The summed E-state index contributed by atoms with van der Waals surface area (Å²) in [6.45, 7) is 0. The molecule has 0 radical (unpaired) electrons. The van der Waals surface area contributed by atoms with Gasteiger partial charge in [0.1, 0.15) is 5.15 Å². The van der Waals surface area contributed by atoms with Crippen LogP contribution in [0.3, 0.4) is 0 Å². The fourth-order valence-electron chi connectivity index (χ4n) is 1.40. The third kappa shape index (κ3) is 2.58. The van der Waals surface area contributed by atoms with Crippen LogP contribution < -0.4 is 0 Å². The van der Waals surface area contributed by atoms with Crippen molar-refractivity contribution in [3.05, 3.63) is 63.3 Å². The Morgan fingerprint density at radius 3 is 2.53 bits per heavy atom. The molecule has 0 atom stereocenters. The molecule has 0 aliphatic rings. The van der Waals surface area contributed by atoms with Gasteiger partial charge in [0.05, 0.1) is 0 Å². The third-order valence-corrected chi connectivity index (χ3v) is 3.24. The average Bonchev–Trinajstić information content (AvgIpc) is 2.25. The molecule has 1 heterocycles. The Balaban J connectivity index is 2.32. The maximum atomic E-state index is 6.04. The lowest BCUT2D eigenvalue weighted by atomic mass is 10.1. The van der Waals surface area contributed by atoms with E-state index in [0.717, 1.165) is 16.5 Å². The first-order valence-electron chi connectivity index (χ1n) is 4.60. The van der Waals surface area contributed by atoms with E-state index in [0.29, 0.717) is 5.15 Å². The van der Waals surface area contributed by atoms with Gasteiger partial charge in [-0.2, -0.15) is 0 Å². The molecule has 0 unspecified atom stereocenters. The molecule has 1 nitrogen and oxygen atoms in total. The van der Waals surface area contributed by atoms with Crippen LogP contribution in [0.25, 0.3) is 0 Å². The first kappa shape index (κ1) is 10.7. The van der Waals surface area contributed by atoms with E-state index < -0.39 is 0 Å². The molecule has 0 saturated heterocycles. The minimum atomic E-state index is 0.563. The lowest BCUT2D eigenvalue weighted by molar-refractivity contribution is 1.13. The third-order valence-electron chi connectivity index (χ3n) is 2.17. The van der Waals surface area contributed by atoms with Gasteiger partial charge in [0, 0.05) is 22.7 Å². The minimum Gasteiger partial charge on any atom is -0.244 e. The molecule has 2 rings (SSSR count). The number of hydrogen-bond acceptors (Lipinski definition) is 1. The van der Waals surface area contributed by atoms with E-state index in [-0.39, 0.29) is 0 Å². The second kappa shape index (κ2) is 4.77. The Bertz CT molecular complexity index is 436. The summed E-state index contributed by atoms with van der Waals surface area (Å²) in [6.07, 6.45) is 2.50. The summed E-state index contributed by atoms with van der Waals surface area (Å²) in [4.78, 5) is 4.07. The van der Waals surface area contributed by atoms with E-state index >= 15 is 0 Å². The molecular weight excluding hydrogens is 273 g/mol. The van der Waals surface area contributed by atoms with Crippen LogP contribution in [0.2, 0.25) is 5.15 Å². The maximum absolute atomic E-state index is 6.04. The van der Waals surface area contributed by atoms with Gasteiger partial charge in [-0.25, -0.2) is 4.98 Å². The Hall–Kier alpha value is -0.860. The molecule has 1 aromatic carbocycles. The van der Waals surface area contributed by atoms with Crippen molar-refractivity contribution in [2.24, 2.45) is 0 Å². The molecule has 3 heteroatoms. The number of aromatic nitrogens is 1. The predicted octanol–water partition coefficient (Wildman–Crippen LogP) is 4.09. The van der Waals surface area contributed by atoms with Crippen LogP contribution in [0, 0.1) is 0 Å². The molecule has 0 spiro atoms. The minimum absolute atomic E-state index is 0.563. The largest absolute Gasteiger partial charge is 0.244 e. The highest BCUT2D eigenvalue weighted by molar-refractivity contribution is 9.10. The van der Waals surface area contributed by atoms with Gasteiger partial charge in [0.2, 0.25) is 0 Å². The molecule has 0 N–H and O–H groups in total. The molecule has 15 heavy (non-hydrogen) atoms. The highest BCUT2D eigenvalue weighted by Crippen LogP contribution is 2.25. The Labute approximate surface area is 102 Å². The first-order valence-corrected chi connectivity index (χ1v) is 5.77. The standard InChI is InChI=1S/C12H9BrClN/c13-11-6-7-15-12(14)10(11)8-9-4-2-1-3-5-9/h1-7H,8H2. The zero-order valence-corrected chi connectivity index (χ0v) is 10.3. The fourth-order valence-corrected chi connectivity index (χ4v) is 2.19. The van der Waals surface area contributed by atoms with Crippen molar-refractivity contribution in [1.82, 2.24) is 4.98 Å². The van der Waals surface area contributed by atoms with Crippen molar-refractivity contribution in [3.8, 4) is 0 Å². The van der Waals surface area contributed by atoms with Gasteiger partial charge in [0.25, 0.3) is 0 Å². The average molecular weight is 283 g/mol. The van der Waals surface area contributed by atoms with E-state index in [4.69, 9.17) is 11.6 Å². The van der Waals surface area contributed by atoms with Crippen molar-refractivity contribution >= 4 is 27.5 Å². The summed E-state index contributed by atoms with van der Waals surface area (Å²) < 4.78 is 1.01. The molecule has 1 aromatic heterocycles. The summed E-state index contributed by atoms with van der Waals surface area (Å²) in [5.41, 5.74) is 2.26. The molecule has 0 aliphatic carbocycles. The maximum Gasteiger partial charge on any atom is 0.133 e. The van der Waals surface area contributed by atoms with Gasteiger partial charge in [-0.15, -0.1) is 0 Å². The van der Waals surface area contributed by atoms with Crippen molar-refractivity contribution in [2.45, 2.75) is 6.42 Å². The molecular formula is C12H9BrClN. The number of hydrogen-bond donors (Lipinski definition) is 0. The molecule has 0 amide bonds. The van der Waals surface area contributed by atoms with Crippen LogP contribution in [-0.4, -0.2) is 4.98 Å². The zero-order valence-electron chi connectivity index (χ0n) is 7.95. The molecule has 0 saturated carbocycles. The number of pyridine rings is 1. The molecule has 0 aliphatic heterocycles. The van der Waals surface area contributed by atoms with Crippen LogP contribution in [0.5, 0.6) is 0 Å². The van der Waals surface area contributed by atoms with Crippen molar-refractivity contribution in [1.29, 1.82) is 0 Å². The van der Waals surface area contributed by atoms with Crippen LogP contribution in [0.4, 0.5) is 0 Å². The van der Waals surface area contributed by atoms with Crippen LogP contribution in [0.1, 0.15) is 11.1 Å². The number of nitrogens with zero attached hydrogens (tertiary/aromatic N) is 1. The Morgan fingerprint density at radius 2 is 1.87 bits per heavy atom. The van der Waals surface area contributed by atoms with Gasteiger partial charge in [0.15, 0.2) is 0 Å². The lowest BCUT2D eigenvalue weighted by Gasteiger charge is -2.05. The summed E-state index contributed by atoms with van der Waals surface area (Å²) in [6, 6.07) is 12.1. The zero-order chi connectivity index (χ0) is 10.7. The van der Waals surface area contributed by atoms with Crippen LogP contribution >= 0.6 is 27.5 Å². The summed E-state index contributed by atoms with van der Waals surface area (Å²) in [5, 5.41) is 0.563. The molecule has 2 aromatic rings. The van der Waals surface area contributed by atoms with Gasteiger partial charge in [-0.05, 0) is 11.6 Å². The lowest BCUT2D eigenvalue weighted by Crippen LogP contribution is -1.92. The van der Waals surface area contributed by atoms with E-state index in [1.165, 1.54) is 5.56 Å². The Morgan fingerprint density at radius 1 is 1.13 bits per heavy atom. The molecule has 0 bridgehead atoms. The molecule has 0 fully saturated rings. The van der Waals surface area contributed by atoms with E-state index in [2.05, 4.69) is 33.0 Å². The van der Waals surface area contributed by atoms with E-state index in [1.807, 2.05) is 24.3 Å². The predicted molar refractivity (Wildman–Crippen MR) is 66.2 cm³/mol. The van der Waals surface area contributed by atoms with Gasteiger partial charge >= 0.3 is 0 Å². The van der Waals surface area contributed by atoms with Crippen LogP contribution in [0.15, 0.2) is 47.1 Å². The first-order chi connectivity index (χ1) is 7.27. The Kier molecular flexibility index (Phi) is 3.39. The van der Waals surface area contributed by atoms with Gasteiger partial charge in [-0.1, -0.05) is 57.9 Å². The second-order valence-corrected chi connectivity index (χ2v) is 4.44. The van der Waals surface area contributed by atoms with E-state index in [1.54, 1.807) is 6.20 Å². The van der Waals surface area contributed by atoms with Crippen molar-refractivity contribution in [3.63, 3.8) is 0 Å². The smallest absolute Gasteiger partial charge is 0.133 e. The number of benzene rings is 1. The monoisotopic (exact) mass is 281 g/mol. The quantitative estimate of drug-likeness (QED) is 0.756. The summed E-state index contributed by atoms with van der Waals surface area (Å²) in [7, 11) is 0. The molecule has 76 valence electrons. The fraction of sp³-hybridized carbons (Fsp3) is 0.0833. The normalized spacial score (nSPS) is 10.3. The highest BCUT2D eigenvalue weighted by atomic mass is 79.9. The topological polar surface area (TPSA) is 12.9 Å². The van der Waals surface area contributed by atoms with Crippen molar-refractivity contribution < 1.29 is 0 Å². The van der Waals surface area contributed by atoms with Crippen molar-refractivity contribution in [2.75, 3.05) is 0 Å². The SMILES string of the molecule is Clc1nccc(Br)c1Cc1ccccc1. The number of halogens is 2. The highest BCUT2D eigenvalue weighted by Gasteiger charge is 2.06. The summed E-state index contributed by atoms with van der Waals surface area (Å²) in [5.74, 6) is 0. The second-order valence-electron chi connectivity index (χ2n) is 3.22. The van der Waals surface area contributed by atoms with Gasteiger partial charge < -0.3 is 0 Å². The van der Waals surface area contributed by atoms with Gasteiger partial charge in [-0.3, -0.25) is 0 Å². The summed E-state index contributed by atoms with van der Waals surface area (Å²) >= 11 is 9.52.